The molecule has 2 heterocycles. The third-order valence-corrected chi connectivity index (χ3v) is 9.95. The molecule has 1 saturated carbocycles. The van der Waals surface area contributed by atoms with E-state index in [-0.39, 0.29) is 22.1 Å². The van der Waals surface area contributed by atoms with Gasteiger partial charge in [-0.2, -0.15) is 0 Å². The van der Waals surface area contributed by atoms with Crippen molar-refractivity contribution in [3.05, 3.63) is 39.3 Å². The average molecular weight is 465 g/mol. The summed E-state index contributed by atoms with van der Waals surface area (Å²) in [6.07, 6.45) is 6.86. The molecule has 0 bridgehead atoms. The molecule has 1 spiro atoms. The first-order valence-corrected chi connectivity index (χ1v) is 12.9. The Kier molecular flexibility index (Phi) is 4.96. The first kappa shape index (κ1) is 21.0. The molecule has 2 aromatic rings. The molecule has 1 fully saturated rings. The van der Waals surface area contributed by atoms with Crippen molar-refractivity contribution in [1.29, 1.82) is 0 Å². The lowest BCUT2D eigenvalue weighted by atomic mass is 10.0. The van der Waals surface area contributed by atoms with Crippen molar-refractivity contribution >= 4 is 33.0 Å². The number of hydrogen-bond acceptors (Lipinski definition) is 5. The summed E-state index contributed by atoms with van der Waals surface area (Å²) in [6.45, 7) is 1.54. The number of aryl methyl sites for hydroxylation is 1. The second kappa shape index (κ2) is 7.33. The number of aliphatic hydroxyl groups is 1. The molecule has 5 rings (SSSR count). The zero-order valence-electron chi connectivity index (χ0n) is 17.2. The van der Waals surface area contributed by atoms with Crippen molar-refractivity contribution in [1.82, 2.24) is 4.98 Å². The van der Waals surface area contributed by atoms with Crippen LogP contribution in [0, 0.1) is 5.82 Å². The molecule has 1 unspecified atom stereocenters. The standard InChI is InChI=1S/C21H25FN4O3S2/c1-11(10-27)16-9-14(22)19(30-16)31(23,29)26-20(28)25-17-12-3-2-4-15(12)24-18-13(17)5-6-21(18)7-8-21/h9,11,27H,2-8,10H2,1H3,(H3,23,24,25,26,28,29)/t11-,31?/m0/s1. The van der Waals surface area contributed by atoms with Gasteiger partial charge in [-0.3, -0.25) is 4.98 Å². The number of carbonyl (C=O) groups excluding carboxylic acids is 1. The summed E-state index contributed by atoms with van der Waals surface area (Å²) in [7, 11) is -3.76. The van der Waals surface area contributed by atoms with Crippen molar-refractivity contribution in [2.24, 2.45) is 9.50 Å². The number of anilines is 1. The minimum atomic E-state index is -3.76. The van der Waals surface area contributed by atoms with Crippen LogP contribution in [0.2, 0.25) is 0 Å². The maximum atomic E-state index is 14.4. The molecule has 2 amide bonds. The van der Waals surface area contributed by atoms with Gasteiger partial charge in [0.05, 0.1) is 18.0 Å². The summed E-state index contributed by atoms with van der Waals surface area (Å²) in [5, 5.41) is 17.9. The van der Waals surface area contributed by atoms with Crippen LogP contribution in [-0.4, -0.2) is 26.9 Å². The Morgan fingerprint density at radius 2 is 2.16 bits per heavy atom. The minimum absolute atomic E-state index is 0.172. The first-order chi connectivity index (χ1) is 14.7. The average Bonchev–Trinajstić information content (AvgIpc) is 3.03. The van der Waals surface area contributed by atoms with Gasteiger partial charge in [-0.05, 0) is 62.1 Å². The third-order valence-electron chi connectivity index (χ3n) is 6.68. The van der Waals surface area contributed by atoms with E-state index in [2.05, 4.69) is 9.68 Å². The van der Waals surface area contributed by atoms with Crippen LogP contribution < -0.4 is 10.5 Å². The largest absolute Gasteiger partial charge is 0.396 e. The maximum Gasteiger partial charge on any atom is 0.354 e. The molecule has 0 radical (unpaired) electrons. The third kappa shape index (κ3) is 3.49. The molecule has 7 nitrogen and oxygen atoms in total. The monoisotopic (exact) mass is 464 g/mol. The smallest absolute Gasteiger partial charge is 0.354 e. The van der Waals surface area contributed by atoms with Gasteiger partial charge < -0.3 is 10.4 Å². The van der Waals surface area contributed by atoms with Gasteiger partial charge in [-0.25, -0.2) is 18.5 Å². The first-order valence-electron chi connectivity index (χ1n) is 10.6. The van der Waals surface area contributed by atoms with Crippen LogP contribution in [0.3, 0.4) is 0 Å². The fourth-order valence-electron chi connectivity index (χ4n) is 4.77. The Morgan fingerprint density at radius 1 is 1.39 bits per heavy atom. The van der Waals surface area contributed by atoms with Crippen LogP contribution in [-0.2, 0) is 34.6 Å². The van der Waals surface area contributed by atoms with E-state index >= 15 is 0 Å². The molecule has 31 heavy (non-hydrogen) atoms. The number of halogens is 1. The van der Waals surface area contributed by atoms with E-state index in [1.165, 1.54) is 6.07 Å². The molecule has 2 atom stereocenters. The predicted molar refractivity (Wildman–Crippen MR) is 117 cm³/mol. The highest BCUT2D eigenvalue weighted by Gasteiger charge is 2.51. The van der Waals surface area contributed by atoms with E-state index in [4.69, 9.17) is 10.1 Å². The number of hydrogen-bond donors (Lipinski definition) is 3. The maximum absolute atomic E-state index is 14.4. The van der Waals surface area contributed by atoms with Crippen molar-refractivity contribution < 1.29 is 18.5 Å². The highest BCUT2D eigenvalue weighted by Crippen LogP contribution is 2.58. The molecule has 10 heteroatoms. The van der Waals surface area contributed by atoms with Crippen LogP contribution in [0.4, 0.5) is 14.9 Å². The topological polar surface area (TPSA) is 118 Å². The summed E-state index contributed by atoms with van der Waals surface area (Å²) in [5.41, 5.74) is 5.14. The Hall–Kier alpha value is -1.88. The van der Waals surface area contributed by atoms with Crippen LogP contribution in [0.25, 0.3) is 0 Å². The van der Waals surface area contributed by atoms with Gasteiger partial charge in [-0.1, -0.05) is 6.92 Å². The van der Waals surface area contributed by atoms with Gasteiger partial charge in [0, 0.05) is 21.9 Å². The summed E-state index contributed by atoms with van der Waals surface area (Å²) >= 11 is 0.876. The molecule has 4 N–H and O–H groups in total. The number of amides is 2. The van der Waals surface area contributed by atoms with Crippen molar-refractivity contribution in [3.8, 4) is 0 Å². The van der Waals surface area contributed by atoms with E-state index < -0.39 is 21.8 Å². The fourth-order valence-corrected chi connectivity index (χ4v) is 7.17. The molecular weight excluding hydrogens is 439 g/mol. The van der Waals surface area contributed by atoms with E-state index in [0.29, 0.717) is 4.88 Å². The number of thiophene rings is 1. The highest BCUT2D eigenvalue weighted by atomic mass is 32.2. The fraction of sp³-hybridized carbons (Fsp3) is 0.524. The second-order valence-corrected chi connectivity index (χ2v) is 11.9. The molecule has 3 aliphatic carbocycles. The number of nitrogens with zero attached hydrogens (tertiary/aromatic N) is 2. The lowest BCUT2D eigenvalue weighted by Crippen LogP contribution is -2.19. The molecule has 0 saturated heterocycles. The zero-order chi connectivity index (χ0) is 22.0. The van der Waals surface area contributed by atoms with Crippen LogP contribution in [0.15, 0.2) is 14.6 Å². The lowest BCUT2D eigenvalue weighted by molar-refractivity contribution is 0.260. The van der Waals surface area contributed by atoms with Crippen molar-refractivity contribution in [2.75, 3.05) is 11.9 Å². The SMILES string of the molecule is C[C@@H](CO)c1cc(F)c(S(N)(=O)=NC(=O)Nc2c3c(nc4c2CCC42CC2)CCC3)s1. The zero-order valence-corrected chi connectivity index (χ0v) is 18.9. The number of fused-ring (bicyclic) bond motifs is 3. The summed E-state index contributed by atoms with van der Waals surface area (Å²) < 4.78 is 30.8. The van der Waals surface area contributed by atoms with Gasteiger partial charge >= 0.3 is 6.03 Å². The van der Waals surface area contributed by atoms with E-state index in [1.54, 1.807) is 6.92 Å². The van der Waals surface area contributed by atoms with E-state index in [9.17, 15) is 18.5 Å². The van der Waals surface area contributed by atoms with Crippen LogP contribution in [0.5, 0.6) is 0 Å². The normalized spacial score (nSPS) is 20.8. The Morgan fingerprint density at radius 3 is 2.87 bits per heavy atom. The highest BCUT2D eigenvalue weighted by molar-refractivity contribution is 7.93. The van der Waals surface area contributed by atoms with Gasteiger partial charge in [0.25, 0.3) is 0 Å². The number of nitrogens with two attached hydrogens (primary N) is 1. The number of aromatic nitrogens is 1. The number of urea groups is 1. The molecule has 166 valence electrons. The van der Waals surface area contributed by atoms with Crippen molar-refractivity contribution in [3.63, 3.8) is 0 Å². The molecular formula is C21H25FN4O3S2. The Balaban J connectivity index is 1.49. The number of aliphatic hydroxyl groups excluding tert-OH is 1. The number of carbonyl (C=O) groups is 1. The number of nitrogens with one attached hydrogen (secondary N) is 1. The van der Waals surface area contributed by atoms with Crippen LogP contribution in [0.1, 0.15) is 65.9 Å². The van der Waals surface area contributed by atoms with Crippen molar-refractivity contribution in [2.45, 2.75) is 67.4 Å². The molecule has 0 aromatic carbocycles. The minimum Gasteiger partial charge on any atom is -0.396 e. The second-order valence-electron chi connectivity index (χ2n) is 8.83. The van der Waals surface area contributed by atoms with Crippen LogP contribution >= 0.6 is 11.3 Å². The van der Waals surface area contributed by atoms with Gasteiger partial charge in [-0.15, -0.1) is 15.7 Å². The Labute approximate surface area is 184 Å². The molecule has 2 aromatic heterocycles. The van der Waals surface area contributed by atoms with Gasteiger partial charge in [0.1, 0.15) is 0 Å². The molecule has 3 aliphatic rings. The quantitative estimate of drug-likeness (QED) is 0.638. The lowest BCUT2D eigenvalue weighted by Gasteiger charge is -2.16. The molecule has 0 aliphatic heterocycles. The summed E-state index contributed by atoms with van der Waals surface area (Å²) in [5.74, 6) is -1.10. The number of rotatable bonds is 4. The van der Waals surface area contributed by atoms with E-state index in [0.717, 1.165) is 84.5 Å². The van der Waals surface area contributed by atoms with Gasteiger partial charge in [0.2, 0.25) is 0 Å². The summed E-state index contributed by atoms with van der Waals surface area (Å²) in [6, 6.07) is 0.356. The number of pyridine rings is 1. The summed E-state index contributed by atoms with van der Waals surface area (Å²) in [4.78, 5) is 18.2. The predicted octanol–water partition coefficient (Wildman–Crippen LogP) is 3.78. The van der Waals surface area contributed by atoms with E-state index in [1.807, 2.05) is 0 Å². The Bertz CT molecular complexity index is 1210. The van der Waals surface area contributed by atoms with Gasteiger partial charge in [0.15, 0.2) is 19.9 Å².